The van der Waals surface area contributed by atoms with Gasteiger partial charge in [0.05, 0.1) is 10.6 Å². The summed E-state index contributed by atoms with van der Waals surface area (Å²) in [7, 11) is 0. The molecule has 3 N–H and O–H groups in total. The van der Waals surface area contributed by atoms with Crippen LogP contribution in [0.25, 0.3) is 0 Å². The topological polar surface area (TPSA) is 72.2 Å². The lowest BCUT2D eigenvalue weighted by molar-refractivity contribution is 0.0996. The Kier molecular flexibility index (Phi) is 4.00. The summed E-state index contributed by atoms with van der Waals surface area (Å²) in [6.07, 6.45) is 0. The summed E-state index contributed by atoms with van der Waals surface area (Å²) in [5.74, 6) is -1.70. The van der Waals surface area contributed by atoms with Gasteiger partial charge in [-0.05, 0) is 36.4 Å². The Balaban J connectivity index is 2.24. The van der Waals surface area contributed by atoms with E-state index < -0.39 is 17.6 Å². The molecule has 0 aliphatic carbocycles. The molecule has 2 amide bonds. The quantitative estimate of drug-likeness (QED) is 0.913. The lowest BCUT2D eigenvalue weighted by atomic mass is 10.1. The van der Waals surface area contributed by atoms with E-state index in [0.29, 0.717) is 5.69 Å². The Morgan fingerprint density at radius 3 is 2.55 bits per heavy atom. The number of hydrogen-bond acceptors (Lipinski definition) is 2. The zero-order valence-corrected chi connectivity index (χ0v) is 10.9. The molecule has 0 unspecified atom stereocenters. The minimum Gasteiger partial charge on any atom is -0.366 e. The fraction of sp³-hybridized carbons (Fsp3) is 0. The van der Waals surface area contributed by atoms with Gasteiger partial charge in [-0.1, -0.05) is 17.7 Å². The van der Waals surface area contributed by atoms with Crippen LogP contribution in [0.15, 0.2) is 42.5 Å². The number of halogens is 2. The van der Waals surface area contributed by atoms with Crippen LogP contribution < -0.4 is 11.1 Å². The molecule has 102 valence electrons. The standard InChI is InChI=1S/C14H10ClFN2O2/c15-12-5-4-10(7-11(12)13(17)19)18-14(20)8-2-1-3-9(16)6-8/h1-7H,(H2,17,19)(H,18,20). The molecule has 0 saturated carbocycles. The van der Waals surface area contributed by atoms with Gasteiger partial charge >= 0.3 is 0 Å². The van der Waals surface area contributed by atoms with Crippen molar-refractivity contribution in [2.45, 2.75) is 0 Å². The zero-order chi connectivity index (χ0) is 14.7. The number of benzene rings is 2. The molecule has 20 heavy (non-hydrogen) atoms. The van der Waals surface area contributed by atoms with Crippen LogP contribution in [0.1, 0.15) is 20.7 Å². The molecular weight excluding hydrogens is 283 g/mol. The van der Waals surface area contributed by atoms with Crippen LogP contribution in [0.5, 0.6) is 0 Å². The number of anilines is 1. The monoisotopic (exact) mass is 292 g/mol. The van der Waals surface area contributed by atoms with E-state index in [-0.39, 0.29) is 16.1 Å². The van der Waals surface area contributed by atoms with Crippen molar-refractivity contribution in [1.29, 1.82) is 0 Å². The molecule has 2 rings (SSSR count). The maximum Gasteiger partial charge on any atom is 0.255 e. The zero-order valence-electron chi connectivity index (χ0n) is 10.2. The van der Waals surface area contributed by atoms with E-state index >= 15 is 0 Å². The third-order valence-corrected chi connectivity index (χ3v) is 2.91. The highest BCUT2D eigenvalue weighted by Gasteiger charge is 2.11. The number of amides is 2. The van der Waals surface area contributed by atoms with E-state index in [4.69, 9.17) is 17.3 Å². The third-order valence-electron chi connectivity index (χ3n) is 2.58. The van der Waals surface area contributed by atoms with Gasteiger partial charge in [0.15, 0.2) is 0 Å². The lowest BCUT2D eigenvalue weighted by Gasteiger charge is -2.07. The van der Waals surface area contributed by atoms with Gasteiger partial charge in [-0.15, -0.1) is 0 Å². The molecule has 0 fully saturated rings. The first kappa shape index (κ1) is 14.0. The smallest absolute Gasteiger partial charge is 0.255 e. The maximum absolute atomic E-state index is 13.0. The van der Waals surface area contributed by atoms with Gasteiger partial charge in [-0.3, -0.25) is 9.59 Å². The Morgan fingerprint density at radius 1 is 1.15 bits per heavy atom. The van der Waals surface area contributed by atoms with Crippen LogP contribution in [-0.2, 0) is 0 Å². The van der Waals surface area contributed by atoms with Gasteiger partial charge in [0.25, 0.3) is 5.91 Å². The molecule has 2 aromatic rings. The molecule has 0 aliphatic heterocycles. The van der Waals surface area contributed by atoms with E-state index in [9.17, 15) is 14.0 Å². The number of hydrogen-bond donors (Lipinski definition) is 2. The highest BCUT2D eigenvalue weighted by Crippen LogP contribution is 2.20. The molecule has 4 nitrogen and oxygen atoms in total. The first-order valence-corrected chi connectivity index (χ1v) is 6.01. The van der Waals surface area contributed by atoms with Crippen molar-refractivity contribution < 1.29 is 14.0 Å². The Bertz CT molecular complexity index is 689. The van der Waals surface area contributed by atoms with E-state index in [1.807, 2.05) is 0 Å². The summed E-state index contributed by atoms with van der Waals surface area (Å²) < 4.78 is 13.0. The van der Waals surface area contributed by atoms with Gasteiger partial charge in [0.1, 0.15) is 5.82 Å². The normalized spacial score (nSPS) is 10.1. The molecule has 0 heterocycles. The SMILES string of the molecule is NC(=O)c1cc(NC(=O)c2cccc(F)c2)ccc1Cl. The summed E-state index contributed by atoms with van der Waals surface area (Å²) in [5, 5.41) is 2.73. The second-order valence-corrected chi connectivity index (χ2v) is 4.43. The van der Waals surface area contributed by atoms with Crippen molar-refractivity contribution >= 4 is 29.1 Å². The molecule has 6 heteroatoms. The van der Waals surface area contributed by atoms with Gasteiger partial charge < -0.3 is 11.1 Å². The maximum atomic E-state index is 13.0. The van der Waals surface area contributed by atoms with Gasteiger partial charge in [-0.25, -0.2) is 4.39 Å². The Morgan fingerprint density at radius 2 is 1.90 bits per heavy atom. The number of nitrogens with two attached hydrogens (primary N) is 1. The minimum atomic E-state index is -0.697. The average Bonchev–Trinajstić information content (AvgIpc) is 2.40. The fourth-order valence-corrected chi connectivity index (χ4v) is 1.84. The van der Waals surface area contributed by atoms with Gasteiger partial charge in [0, 0.05) is 11.3 Å². The van der Waals surface area contributed by atoms with Crippen LogP contribution in [0.3, 0.4) is 0 Å². The lowest BCUT2D eigenvalue weighted by Crippen LogP contribution is -2.15. The van der Waals surface area contributed by atoms with Crippen molar-refractivity contribution in [2.24, 2.45) is 5.73 Å². The first-order chi connectivity index (χ1) is 9.47. The number of carbonyl (C=O) groups excluding carboxylic acids is 2. The second kappa shape index (κ2) is 5.71. The predicted molar refractivity (Wildman–Crippen MR) is 74.3 cm³/mol. The summed E-state index contributed by atoms with van der Waals surface area (Å²) in [6.45, 7) is 0. The van der Waals surface area contributed by atoms with Crippen LogP contribution in [0, 0.1) is 5.82 Å². The van der Waals surface area contributed by atoms with Crippen molar-refractivity contribution in [1.82, 2.24) is 0 Å². The van der Waals surface area contributed by atoms with Crippen LogP contribution in [-0.4, -0.2) is 11.8 Å². The number of rotatable bonds is 3. The molecule has 0 saturated heterocycles. The number of carbonyl (C=O) groups is 2. The minimum absolute atomic E-state index is 0.101. The fourth-order valence-electron chi connectivity index (χ4n) is 1.62. The largest absolute Gasteiger partial charge is 0.366 e. The van der Waals surface area contributed by atoms with Gasteiger partial charge in [0.2, 0.25) is 5.91 Å². The summed E-state index contributed by atoms with van der Waals surface area (Å²) in [5.41, 5.74) is 5.77. The number of nitrogens with one attached hydrogen (secondary N) is 1. The summed E-state index contributed by atoms with van der Waals surface area (Å²) in [4.78, 5) is 23.1. The summed E-state index contributed by atoms with van der Waals surface area (Å²) in [6, 6.07) is 9.59. The highest BCUT2D eigenvalue weighted by atomic mass is 35.5. The first-order valence-electron chi connectivity index (χ1n) is 5.63. The van der Waals surface area contributed by atoms with E-state index in [0.717, 1.165) is 6.07 Å². The second-order valence-electron chi connectivity index (χ2n) is 4.02. The van der Waals surface area contributed by atoms with E-state index in [1.54, 1.807) is 0 Å². The summed E-state index contributed by atoms with van der Waals surface area (Å²) >= 11 is 5.80. The van der Waals surface area contributed by atoms with Crippen molar-refractivity contribution in [2.75, 3.05) is 5.32 Å². The molecule has 0 bridgehead atoms. The highest BCUT2D eigenvalue weighted by molar-refractivity contribution is 6.34. The van der Waals surface area contributed by atoms with E-state index in [2.05, 4.69) is 5.32 Å². The van der Waals surface area contributed by atoms with Crippen LogP contribution in [0.4, 0.5) is 10.1 Å². The van der Waals surface area contributed by atoms with Crippen LogP contribution in [0.2, 0.25) is 5.02 Å². The Labute approximate surface area is 119 Å². The van der Waals surface area contributed by atoms with Gasteiger partial charge in [-0.2, -0.15) is 0 Å². The van der Waals surface area contributed by atoms with Crippen molar-refractivity contribution in [3.63, 3.8) is 0 Å². The van der Waals surface area contributed by atoms with Crippen molar-refractivity contribution in [3.05, 3.63) is 64.4 Å². The van der Waals surface area contributed by atoms with Crippen molar-refractivity contribution in [3.8, 4) is 0 Å². The molecule has 2 aromatic carbocycles. The van der Waals surface area contributed by atoms with E-state index in [1.165, 1.54) is 36.4 Å². The molecule has 0 atom stereocenters. The third kappa shape index (κ3) is 3.13. The Hall–Kier alpha value is -2.40. The predicted octanol–water partition coefficient (Wildman–Crippen LogP) is 2.83. The molecule has 0 radical (unpaired) electrons. The average molecular weight is 293 g/mol. The molecule has 0 aliphatic rings. The number of primary amides is 1. The van der Waals surface area contributed by atoms with Crippen LogP contribution >= 0.6 is 11.6 Å². The molecule has 0 aromatic heterocycles. The molecular formula is C14H10ClFN2O2. The molecule has 0 spiro atoms.